The van der Waals surface area contributed by atoms with Crippen molar-refractivity contribution in [1.29, 1.82) is 0 Å². The standard InChI is InChI=1S/C10H16N2O2/c1-4-11-9-7-8(14-3)5-6-10(9)12(2)13/h5-7,11,13H,4H2,1-3H3. The average Bonchev–Trinajstić information content (AvgIpc) is 2.17. The number of hydroxylamine groups is 1. The first-order chi connectivity index (χ1) is 6.69. The summed E-state index contributed by atoms with van der Waals surface area (Å²) in [4.78, 5) is 0. The number of ether oxygens (including phenoxy) is 1. The smallest absolute Gasteiger partial charge is 0.121 e. The number of rotatable bonds is 4. The van der Waals surface area contributed by atoms with Gasteiger partial charge in [0.25, 0.3) is 0 Å². The zero-order valence-corrected chi connectivity index (χ0v) is 8.74. The van der Waals surface area contributed by atoms with Gasteiger partial charge in [-0.1, -0.05) is 0 Å². The van der Waals surface area contributed by atoms with Crippen LogP contribution in [0.2, 0.25) is 0 Å². The van der Waals surface area contributed by atoms with Crippen LogP contribution in [0.5, 0.6) is 5.75 Å². The van der Waals surface area contributed by atoms with Crippen LogP contribution in [-0.2, 0) is 0 Å². The zero-order chi connectivity index (χ0) is 10.6. The molecular weight excluding hydrogens is 180 g/mol. The Kier molecular flexibility index (Phi) is 3.59. The first kappa shape index (κ1) is 10.7. The molecule has 0 aromatic heterocycles. The maximum Gasteiger partial charge on any atom is 0.121 e. The van der Waals surface area contributed by atoms with Crippen molar-refractivity contribution in [1.82, 2.24) is 0 Å². The average molecular weight is 196 g/mol. The number of hydrogen-bond acceptors (Lipinski definition) is 4. The van der Waals surface area contributed by atoms with Crippen LogP contribution in [0.25, 0.3) is 0 Å². The van der Waals surface area contributed by atoms with Crippen LogP contribution in [0.1, 0.15) is 6.92 Å². The number of anilines is 2. The summed E-state index contributed by atoms with van der Waals surface area (Å²) in [6.07, 6.45) is 0. The monoisotopic (exact) mass is 196 g/mol. The van der Waals surface area contributed by atoms with E-state index in [0.29, 0.717) is 0 Å². The number of benzene rings is 1. The fourth-order valence-electron chi connectivity index (χ4n) is 1.26. The van der Waals surface area contributed by atoms with E-state index < -0.39 is 0 Å². The molecule has 1 aromatic carbocycles. The Labute approximate surface area is 84.1 Å². The third-order valence-electron chi connectivity index (χ3n) is 1.92. The SMILES string of the molecule is CCNc1cc(OC)ccc1N(C)O. The summed E-state index contributed by atoms with van der Waals surface area (Å²) >= 11 is 0. The Morgan fingerprint density at radius 3 is 2.71 bits per heavy atom. The van der Waals surface area contributed by atoms with E-state index in [2.05, 4.69) is 5.32 Å². The molecular formula is C10H16N2O2. The Morgan fingerprint density at radius 2 is 2.21 bits per heavy atom. The van der Waals surface area contributed by atoms with E-state index in [9.17, 15) is 5.21 Å². The fraction of sp³-hybridized carbons (Fsp3) is 0.400. The van der Waals surface area contributed by atoms with Gasteiger partial charge in [0, 0.05) is 19.7 Å². The van der Waals surface area contributed by atoms with E-state index in [1.807, 2.05) is 19.1 Å². The van der Waals surface area contributed by atoms with Gasteiger partial charge < -0.3 is 10.1 Å². The highest BCUT2D eigenvalue weighted by Gasteiger charge is 2.05. The lowest BCUT2D eigenvalue weighted by Crippen LogP contribution is -2.13. The van der Waals surface area contributed by atoms with Crippen molar-refractivity contribution >= 4 is 11.4 Å². The zero-order valence-electron chi connectivity index (χ0n) is 8.74. The quantitative estimate of drug-likeness (QED) is 0.722. The molecule has 0 fully saturated rings. The molecule has 0 atom stereocenters. The molecule has 1 aromatic rings. The van der Waals surface area contributed by atoms with Gasteiger partial charge in [0.1, 0.15) is 5.75 Å². The van der Waals surface area contributed by atoms with Crippen LogP contribution in [-0.4, -0.2) is 25.9 Å². The van der Waals surface area contributed by atoms with E-state index in [4.69, 9.17) is 4.74 Å². The van der Waals surface area contributed by atoms with Crippen molar-refractivity contribution < 1.29 is 9.94 Å². The predicted molar refractivity (Wildman–Crippen MR) is 57.3 cm³/mol. The Bertz CT molecular complexity index is 300. The molecule has 14 heavy (non-hydrogen) atoms. The molecule has 0 heterocycles. The molecule has 4 nitrogen and oxygen atoms in total. The second-order valence-corrected chi connectivity index (χ2v) is 2.94. The van der Waals surface area contributed by atoms with Gasteiger partial charge in [-0.2, -0.15) is 0 Å². The molecule has 0 aliphatic carbocycles. The lowest BCUT2D eigenvalue weighted by molar-refractivity contribution is 0.280. The van der Waals surface area contributed by atoms with Crippen LogP contribution in [0.15, 0.2) is 18.2 Å². The van der Waals surface area contributed by atoms with Gasteiger partial charge in [-0.05, 0) is 19.1 Å². The summed E-state index contributed by atoms with van der Waals surface area (Å²) in [5.41, 5.74) is 1.59. The van der Waals surface area contributed by atoms with Crippen molar-refractivity contribution in [2.45, 2.75) is 6.92 Å². The van der Waals surface area contributed by atoms with Crippen LogP contribution in [0.4, 0.5) is 11.4 Å². The molecule has 0 bridgehead atoms. The third kappa shape index (κ3) is 2.29. The van der Waals surface area contributed by atoms with Gasteiger partial charge in [0.05, 0.1) is 18.5 Å². The van der Waals surface area contributed by atoms with Gasteiger partial charge in [0.2, 0.25) is 0 Å². The Balaban J connectivity index is 3.03. The maximum absolute atomic E-state index is 9.35. The summed E-state index contributed by atoms with van der Waals surface area (Å²) in [5, 5.41) is 13.6. The van der Waals surface area contributed by atoms with Crippen molar-refractivity contribution in [3.8, 4) is 5.75 Å². The normalized spacial score (nSPS) is 9.71. The minimum absolute atomic E-state index is 0.729. The molecule has 0 saturated heterocycles. The highest BCUT2D eigenvalue weighted by molar-refractivity contribution is 5.70. The van der Waals surface area contributed by atoms with E-state index >= 15 is 0 Å². The predicted octanol–water partition coefficient (Wildman–Crippen LogP) is 1.95. The minimum atomic E-state index is 0.729. The number of nitrogens with one attached hydrogen (secondary N) is 1. The van der Waals surface area contributed by atoms with Crippen molar-refractivity contribution in [3.05, 3.63) is 18.2 Å². The molecule has 0 radical (unpaired) electrons. The lowest BCUT2D eigenvalue weighted by Gasteiger charge is -2.17. The van der Waals surface area contributed by atoms with Gasteiger partial charge >= 0.3 is 0 Å². The molecule has 0 spiro atoms. The highest BCUT2D eigenvalue weighted by Crippen LogP contribution is 2.28. The molecule has 1 rings (SSSR count). The van der Waals surface area contributed by atoms with Crippen LogP contribution < -0.4 is 15.1 Å². The van der Waals surface area contributed by atoms with Gasteiger partial charge in [-0.3, -0.25) is 10.3 Å². The molecule has 0 amide bonds. The van der Waals surface area contributed by atoms with E-state index in [0.717, 1.165) is 28.7 Å². The molecule has 0 aliphatic rings. The van der Waals surface area contributed by atoms with Gasteiger partial charge in [-0.15, -0.1) is 0 Å². The van der Waals surface area contributed by atoms with Crippen molar-refractivity contribution in [3.63, 3.8) is 0 Å². The minimum Gasteiger partial charge on any atom is -0.497 e. The molecule has 4 heteroatoms. The van der Waals surface area contributed by atoms with Crippen molar-refractivity contribution in [2.75, 3.05) is 31.1 Å². The Hall–Kier alpha value is -1.42. The second-order valence-electron chi connectivity index (χ2n) is 2.94. The van der Waals surface area contributed by atoms with Crippen LogP contribution >= 0.6 is 0 Å². The maximum atomic E-state index is 9.35. The van der Waals surface area contributed by atoms with Crippen LogP contribution in [0, 0.1) is 0 Å². The van der Waals surface area contributed by atoms with Gasteiger partial charge in [0.15, 0.2) is 0 Å². The van der Waals surface area contributed by atoms with Gasteiger partial charge in [-0.25, -0.2) is 0 Å². The molecule has 0 saturated carbocycles. The number of hydrogen-bond donors (Lipinski definition) is 2. The Morgan fingerprint density at radius 1 is 1.50 bits per heavy atom. The summed E-state index contributed by atoms with van der Waals surface area (Å²) in [7, 11) is 3.20. The van der Waals surface area contributed by atoms with E-state index in [-0.39, 0.29) is 0 Å². The van der Waals surface area contributed by atoms with E-state index in [1.54, 1.807) is 20.2 Å². The fourth-order valence-corrected chi connectivity index (χ4v) is 1.26. The first-order valence-corrected chi connectivity index (χ1v) is 4.53. The topological polar surface area (TPSA) is 44.7 Å². The van der Waals surface area contributed by atoms with Crippen molar-refractivity contribution in [2.24, 2.45) is 0 Å². The molecule has 0 unspecified atom stereocenters. The molecule has 78 valence electrons. The second kappa shape index (κ2) is 4.72. The molecule has 0 aliphatic heterocycles. The molecule has 2 N–H and O–H groups in total. The lowest BCUT2D eigenvalue weighted by atomic mass is 10.2. The van der Waals surface area contributed by atoms with Crippen LogP contribution in [0.3, 0.4) is 0 Å². The number of nitrogens with zero attached hydrogens (tertiary/aromatic N) is 1. The first-order valence-electron chi connectivity index (χ1n) is 4.53. The summed E-state index contributed by atoms with van der Waals surface area (Å²) in [6.45, 7) is 2.80. The number of methoxy groups -OCH3 is 1. The van der Waals surface area contributed by atoms with E-state index in [1.165, 1.54) is 0 Å². The summed E-state index contributed by atoms with van der Waals surface area (Å²) in [5.74, 6) is 0.770. The summed E-state index contributed by atoms with van der Waals surface area (Å²) in [6, 6.07) is 5.46. The largest absolute Gasteiger partial charge is 0.497 e. The highest BCUT2D eigenvalue weighted by atomic mass is 16.5. The third-order valence-corrected chi connectivity index (χ3v) is 1.92. The summed E-state index contributed by atoms with van der Waals surface area (Å²) < 4.78 is 5.10.